The molecule has 1 heterocycles. The van der Waals surface area contributed by atoms with Crippen molar-refractivity contribution in [2.45, 2.75) is 38.9 Å². The van der Waals surface area contributed by atoms with E-state index in [1.165, 1.54) is 0 Å². The van der Waals surface area contributed by atoms with Crippen LogP contribution in [-0.4, -0.2) is 33.5 Å². The molecular formula is C10H20N4S. The van der Waals surface area contributed by atoms with Gasteiger partial charge in [-0.3, -0.25) is 5.10 Å². The van der Waals surface area contributed by atoms with Gasteiger partial charge in [0.05, 0.1) is 0 Å². The van der Waals surface area contributed by atoms with Crippen molar-refractivity contribution in [1.29, 1.82) is 0 Å². The number of rotatable bonds is 6. The van der Waals surface area contributed by atoms with Crippen LogP contribution in [0.4, 0.5) is 0 Å². The number of hydrogen-bond acceptors (Lipinski definition) is 4. The third kappa shape index (κ3) is 4.66. The molecule has 1 atom stereocenters. The summed E-state index contributed by atoms with van der Waals surface area (Å²) in [7, 11) is 0. The molecule has 0 saturated carbocycles. The zero-order valence-corrected chi connectivity index (χ0v) is 10.7. The number of H-pyrrole nitrogens is 1. The van der Waals surface area contributed by atoms with Gasteiger partial charge in [-0.05, 0) is 19.8 Å². The van der Waals surface area contributed by atoms with Crippen LogP contribution in [0.1, 0.15) is 26.6 Å². The molecule has 0 amide bonds. The molecule has 0 aromatic carbocycles. The zero-order chi connectivity index (χ0) is 11.3. The van der Waals surface area contributed by atoms with E-state index in [0.29, 0.717) is 12.0 Å². The highest BCUT2D eigenvalue weighted by Gasteiger charge is 2.05. The lowest BCUT2D eigenvalue weighted by molar-refractivity contribution is 0.438. The Labute approximate surface area is 95.6 Å². The highest BCUT2D eigenvalue weighted by Crippen LogP contribution is 2.10. The first-order valence-corrected chi connectivity index (χ1v) is 6.33. The van der Waals surface area contributed by atoms with Gasteiger partial charge in [-0.25, -0.2) is 4.98 Å². The SMILES string of the molecule is Cc1nc(SCCNC(C)C(C)C)n[nH]1. The molecule has 0 aliphatic carbocycles. The van der Waals surface area contributed by atoms with Crippen LogP contribution < -0.4 is 5.32 Å². The van der Waals surface area contributed by atoms with Crippen molar-refractivity contribution in [1.82, 2.24) is 20.5 Å². The van der Waals surface area contributed by atoms with Crippen LogP contribution in [-0.2, 0) is 0 Å². The predicted molar refractivity (Wildman–Crippen MR) is 64.1 cm³/mol. The zero-order valence-electron chi connectivity index (χ0n) is 9.87. The van der Waals surface area contributed by atoms with Crippen LogP contribution in [0.5, 0.6) is 0 Å². The van der Waals surface area contributed by atoms with Gasteiger partial charge >= 0.3 is 0 Å². The van der Waals surface area contributed by atoms with Gasteiger partial charge in [0.2, 0.25) is 5.16 Å². The number of aromatic amines is 1. The number of hydrogen-bond donors (Lipinski definition) is 2. The van der Waals surface area contributed by atoms with E-state index in [9.17, 15) is 0 Å². The van der Waals surface area contributed by atoms with E-state index in [1.807, 2.05) is 6.92 Å². The molecular weight excluding hydrogens is 208 g/mol. The third-order valence-electron chi connectivity index (χ3n) is 2.38. The fourth-order valence-electron chi connectivity index (χ4n) is 1.05. The maximum atomic E-state index is 4.23. The van der Waals surface area contributed by atoms with Gasteiger partial charge < -0.3 is 5.32 Å². The molecule has 1 aromatic heterocycles. The van der Waals surface area contributed by atoms with Crippen molar-refractivity contribution in [2.75, 3.05) is 12.3 Å². The highest BCUT2D eigenvalue weighted by atomic mass is 32.2. The summed E-state index contributed by atoms with van der Waals surface area (Å²) < 4.78 is 0. The number of aryl methyl sites for hydroxylation is 1. The first kappa shape index (κ1) is 12.5. The molecule has 1 rings (SSSR count). The van der Waals surface area contributed by atoms with Crippen molar-refractivity contribution in [3.05, 3.63) is 5.82 Å². The minimum atomic E-state index is 0.569. The molecule has 5 heteroatoms. The molecule has 0 spiro atoms. The summed E-state index contributed by atoms with van der Waals surface area (Å²) in [4.78, 5) is 4.23. The summed E-state index contributed by atoms with van der Waals surface area (Å²) in [5.41, 5.74) is 0. The van der Waals surface area contributed by atoms with Crippen LogP contribution in [0.2, 0.25) is 0 Å². The molecule has 15 heavy (non-hydrogen) atoms. The van der Waals surface area contributed by atoms with E-state index < -0.39 is 0 Å². The lowest BCUT2D eigenvalue weighted by Gasteiger charge is -2.16. The van der Waals surface area contributed by atoms with Crippen molar-refractivity contribution < 1.29 is 0 Å². The molecule has 86 valence electrons. The second-order valence-corrected chi connectivity index (χ2v) is 5.10. The van der Waals surface area contributed by atoms with Gasteiger partial charge in [0.25, 0.3) is 0 Å². The van der Waals surface area contributed by atoms with Gasteiger partial charge in [0, 0.05) is 18.3 Å². The molecule has 4 nitrogen and oxygen atoms in total. The van der Waals surface area contributed by atoms with E-state index in [2.05, 4.69) is 41.3 Å². The Balaban J connectivity index is 2.12. The monoisotopic (exact) mass is 228 g/mol. The Kier molecular flexibility index (Phi) is 5.11. The van der Waals surface area contributed by atoms with E-state index >= 15 is 0 Å². The maximum absolute atomic E-state index is 4.23. The Bertz CT molecular complexity index is 285. The molecule has 0 aliphatic heterocycles. The van der Waals surface area contributed by atoms with Crippen molar-refractivity contribution in [3.8, 4) is 0 Å². The molecule has 0 aliphatic rings. The standard InChI is InChI=1S/C10H20N4S/c1-7(2)8(3)11-5-6-15-10-12-9(4)13-14-10/h7-8,11H,5-6H2,1-4H3,(H,12,13,14). The summed E-state index contributed by atoms with van der Waals surface area (Å²) in [6, 6.07) is 0.569. The first-order chi connectivity index (χ1) is 7.09. The lowest BCUT2D eigenvalue weighted by atomic mass is 10.1. The van der Waals surface area contributed by atoms with Crippen LogP contribution >= 0.6 is 11.8 Å². The number of aromatic nitrogens is 3. The fraction of sp³-hybridized carbons (Fsp3) is 0.800. The Morgan fingerprint density at radius 3 is 2.67 bits per heavy atom. The smallest absolute Gasteiger partial charge is 0.208 e. The molecule has 1 unspecified atom stereocenters. The van der Waals surface area contributed by atoms with E-state index in [4.69, 9.17) is 0 Å². The largest absolute Gasteiger partial charge is 0.313 e. The maximum Gasteiger partial charge on any atom is 0.208 e. The molecule has 0 fully saturated rings. The highest BCUT2D eigenvalue weighted by molar-refractivity contribution is 7.99. The molecule has 0 saturated heterocycles. The van der Waals surface area contributed by atoms with Gasteiger partial charge in [-0.2, -0.15) is 0 Å². The van der Waals surface area contributed by atoms with Crippen molar-refractivity contribution >= 4 is 11.8 Å². The third-order valence-corrected chi connectivity index (χ3v) is 3.23. The topological polar surface area (TPSA) is 53.6 Å². The summed E-state index contributed by atoms with van der Waals surface area (Å²) in [6.07, 6.45) is 0. The number of thioether (sulfide) groups is 1. The fourth-order valence-corrected chi connectivity index (χ4v) is 1.77. The summed E-state index contributed by atoms with van der Waals surface area (Å²) >= 11 is 1.68. The molecule has 2 N–H and O–H groups in total. The normalized spacial score (nSPS) is 13.4. The average molecular weight is 228 g/mol. The number of nitrogens with one attached hydrogen (secondary N) is 2. The predicted octanol–water partition coefficient (Wildman–Crippen LogP) is 1.84. The first-order valence-electron chi connectivity index (χ1n) is 5.34. The van der Waals surface area contributed by atoms with Gasteiger partial charge in [-0.15, -0.1) is 5.10 Å². The Morgan fingerprint density at radius 2 is 2.13 bits per heavy atom. The van der Waals surface area contributed by atoms with E-state index in [1.54, 1.807) is 11.8 Å². The van der Waals surface area contributed by atoms with Crippen molar-refractivity contribution in [2.24, 2.45) is 5.92 Å². The number of nitrogens with zero attached hydrogens (tertiary/aromatic N) is 2. The van der Waals surface area contributed by atoms with Crippen LogP contribution in [0.25, 0.3) is 0 Å². The summed E-state index contributed by atoms with van der Waals surface area (Å²) in [5, 5.41) is 11.2. The average Bonchev–Trinajstić information content (AvgIpc) is 2.58. The van der Waals surface area contributed by atoms with Crippen LogP contribution in [0.3, 0.4) is 0 Å². The molecule has 0 radical (unpaired) electrons. The minimum absolute atomic E-state index is 0.569. The van der Waals surface area contributed by atoms with Gasteiger partial charge in [-0.1, -0.05) is 25.6 Å². The summed E-state index contributed by atoms with van der Waals surface area (Å²) in [5.74, 6) is 2.57. The van der Waals surface area contributed by atoms with Gasteiger partial charge in [0.1, 0.15) is 5.82 Å². The minimum Gasteiger partial charge on any atom is -0.313 e. The van der Waals surface area contributed by atoms with Gasteiger partial charge in [0.15, 0.2) is 0 Å². The van der Waals surface area contributed by atoms with E-state index in [-0.39, 0.29) is 0 Å². The van der Waals surface area contributed by atoms with Crippen molar-refractivity contribution in [3.63, 3.8) is 0 Å². The molecule has 1 aromatic rings. The summed E-state index contributed by atoms with van der Waals surface area (Å²) in [6.45, 7) is 9.58. The Morgan fingerprint density at radius 1 is 1.40 bits per heavy atom. The van der Waals surface area contributed by atoms with E-state index in [0.717, 1.165) is 23.3 Å². The second-order valence-electron chi connectivity index (χ2n) is 4.04. The second kappa shape index (κ2) is 6.12. The molecule has 0 bridgehead atoms. The quantitative estimate of drug-likeness (QED) is 0.576. The lowest BCUT2D eigenvalue weighted by Crippen LogP contribution is -2.32. The Hall–Kier alpha value is -0.550. The van der Waals surface area contributed by atoms with Crippen LogP contribution in [0, 0.1) is 12.8 Å². The van der Waals surface area contributed by atoms with Crippen LogP contribution in [0.15, 0.2) is 5.16 Å².